The fourth-order valence-corrected chi connectivity index (χ4v) is 2.25. The Morgan fingerprint density at radius 1 is 1.26 bits per heavy atom. The fourth-order valence-electron chi connectivity index (χ4n) is 2.25. The van der Waals surface area contributed by atoms with Crippen molar-refractivity contribution >= 4 is 16.8 Å². The number of carbonyl (C=O) groups is 1. The van der Waals surface area contributed by atoms with Gasteiger partial charge >= 0.3 is 0 Å². The molecule has 100 valence electrons. The van der Waals surface area contributed by atoms with Gasteiger partial charge in [-0.05, 0) is 31.9 Å². The number of nitrogens with one attached hydrogen (secondary N) is 1. The second-order valence-corrected chi connectivity index (χ2v) is 4.82. The van der Waals surface area contributed by atoms with Crippen LogP contribution in [-0.2, 0) is 0 Å². The number of nitrogens with zero attached hydrogens (tertiary/aromatic N) is 1. The minimum atomic E-state index is -0.00426. The first kappa shape index (κ1) is 13.5. The number of hydrogen-bond acceptors (Lipinski definition) is 2. The summed E-state index contributed by atoms with van der Waals surface area (Å²) >= 11 is 0. The SMILES string of the molecule is CCC(CC)NC(=O)c1cc(C)nc2ccccc12. The highest BCUT2D eigenvalue weighted by Crippen LogP contribution is 2.18. The molecule has 0 aliphatic carbocycles. The highest BCUT2D eigenvalue weighted by Gasteiger charge is 2.14. The van der Waals surface area contributed by atoms with E-state index in [-0.39, 0.29) is 11.9 Å². The Kier molecular flexibility index (Phi) is 4.15. The Morgan fingerprint density at radius 2 is 1.95 bits per heavy atom. The van der Waals surface area contributed by atoms with Crippen molar-refractivity contribution in [3.63, 3.8) is 0 Å². The number of fused-ring (bicyclic) bond motifs is 1. The summed E-state index contributed by atoms with van der Waals surface area (Å²) in [5.41, 5.74) is 2.46. The van der Waals surface area contributed by atoms with E-state index in [1.807, 2.05) is 37.3 Å². The van der Waals surface area contributed by atoms with Crippen LogP contribution in [0.2, 0.25) is 0 Å². The van der Waals surface area contributed by atoms with Crippen molar-refractivity contribution in [2.75, 3.05) is 0 Å². The molecular weight excluding hydrogens is 236 g/mol. The molecule has 0 bridgehead atoms. The fraction of sp³-hybridized carbons (Fsp3) is 0.375. The minimum absolute atomic E-state index is 0.00426. The Morgan fingerprint density at radius 3 is 2.63 bits per heavy atom. The normalized spacial score (nSPS) is 10.9. The molecule has 0 radical (unpaired) electrons. The Bertz CT molecular complexity index is 588. The number of carbonyl (C=O) groups excluding carboxylic acids is 1. The van der Waals surface area contributed by atoms with Crippen LogP contribution in [0.15, 0.2) is 30.3 Å². The second kappa shape index (κ2) is 5.83. The quantitative estimate of drug-likeness (QED) is 0.910. The summed E-state index contributed by atoms with van der Waals surface area (Å²) in [7, 11) is 0. The molecule has 0 fully saturated rings. The van der Waals surface area contributed by atoms with Gasteiger partial charge in [0.15, 0.2) is 0 Å². The summed E-state index contributed by atoms with van der Waals surface area (Å²) in [6, 6.07) is 9.87. The molecule has 19 heavy (non-hydrogen) atoms. The molecule has 3 nitrogen and oxygen atoms in total. The molecule has 3 heteroatoms. The van der Waals surface area contributed by atoms with Crippen molar-refractivity contribution in [3.05, 3.63) is 41.6 Å². The maximum absolute atomic E-state index is 12.4. The third-order valence-electron chi connectivity index (χ3n) is 3.41. The number of pyridine rings is 1. The van der Waals surface area contributed by atoms with Crippen LogP contribution < -0.4 is 5.32 Å². The molecule has 1 aromatic carbocycles. The molecule has 0 aliphatic rings. The van der Waals surface area contributed by atoms with Gasteiger partial charge in [-0.25, -0.2) is 0 Å². The van der Waals surface area contributed by atoms with Crippen molar-refractivity contribution in [2.24, 2.45) is 0 Å². The first-order valence-electron chi connectivity index (χ1n) is 6.83. The number of para-hydroxylation sites is 1. The van der Waals surface area contributed by atoms with Crippen LogP contribution in [0.4, 0.5) is 0 Å². The number of aryl methyl sites for hydroxylation is 1. The maximum atomic E-state index is 12.4. The zero-order valence-corrected chi connectivity index (χ0v) is 11.7. The van der Waals surface area contributed by atoms with Gasteiger partial charge in [0.1, 0.15) is 0 Å². The van der Waals surface area contributed by atoms with Gasteiger partial charge in [-0.2, -0.15) is 0 Å². The van der Waals surface area contributed by atoms with E-state index in [0.29, 0.717) is 0 Å². The molecule has 1 aromatic heterocycles. The molecule has 0 atom stereocenters. The number of benzene rings is 1. The van der Waals surface area contributed by atoms with Crippen molar-refractivity contribution in [1.29, 1.82) is 0 Å². The summed E-state index contributed by atoms with van der Waals surface area (Å²) in [6.07, 6.45) is 1.90. The molecule has 2 aromatic rings. The predicted octanol–water partition coefficient (Wildman–Crippen LogP) is 3.46. The van der Waals surface area contributed by atoms with Gasteiger partial charge in [-0.15, -0.1) is 0 Å². The van der Waals surface area contributed by atoms with Crippen LogP contribution in [0.1, 0.15) is 42.7 Å². The highest BCUT2D eigenvalue weighted by atomic mass is 16.1. The number of amides is 1. The lowest BCUT2D eigenvalue weighted by atomic mass is 10.1. The van der Waals surface area contributed by atoms with E-state index in [0.717, 1.165) is 35.0 Å². The lowest BCUT2D eigenvalue weighted by Crippen LogP contribution is -2.34. The van der Waals surface area contributed by atoms with Crippen molar-refractivity contribution < 1.29 is 4.79 Å². The molecule has 0 unspecified atom stereocenters. The zero-order valence-electron chi connectivity index (χ0n) is 11.7. The van der Waals surface area contributed by atoms with Crippen molar-refractivity contribution in [1.82, 2.24) is 10.3 Å². The first-order chi connectivity index (χ1) is 9.15. The van der Waals surface area contributed by atoms with E-state index in [1.165, 1.54) is 0 Å². The third-order valence-corrected chi connectivity index (χ3v) is 3.41. The summed E-state index contributed by atoms with van der Waals surface area (Å²) in [6.45, 7) is 6.09. The second-order valence-electron chi connectivity index (χ2n) is 4.82. The van der Waals surface area contributed by atoms with E-state index < -0.39 is 0 Å². The molecule has 2 rings (SSSR count). The average molecular weight is 256 g/mol. The molecule has 0 saturated heterocycles. The van der Waals surface area contributed by atoms with Gasteiger partial charge in [0.05, 0.1) is 11.1 Å². The maximum Gasteiger partial charge on any atom is 0.252 e. The summed E-state index contributed by atoms with van der Waals surface area (Å²) < 4.78 is 0. The molecular formula is C16H20N2O. The predicted molar refractivity (Wildman–Crippen MR) is 78.3 cm³/mol. The van der Waals surface area contributed by atoms with Gasteiger partial charge in [-0.3, -0.25) is 9.78 Å². The van der Waals surface area contributed by atoms with Gasteiger partial charge in [0.25, 0.3) is 5.91 Å². The van der Waals surface area contributed by atoms with Crippen LogP contribution in [0, 0.1) is 6.92 Å². The van der Waals surface area contributed by atoms with Gasteiger partial charge in [0.2, 0.25) is 0 Å². The molecule has 1 heterocycles. The Hall–Kier alpha value is -1.90. The molecule has 0 aliphatic heterocycles. The Labute approximate surface area is 114 Å². The zero-order chi connectivity index (χ0) is 13.8. The van der Waals surface area contributed by atoms with E-state index >= 15 is 0 Å². The van der Waals surface area contributed by atoms with E-state index in [9.17, 15) is 4.79 Å². The molecule has 0 saturated carbocycles. The largest absolute Gasteiger partial charge is 0.349 e. The van der Waals surface area contributed by atoms with Crippen molar-refractivity contribution in [3.8, 4) is 0 Å². The summed E-state index contributed by atoms with van der Waals surface area (Å²) in [5, 5.41) is 4.00. The van der Waals surface area contributed by atoms with Crippen LogP contribution >= 0.6 is 0 Å². The van der Waals surface area contributed by atoms with Crippen LogP contribution in [-0.4, -0.2) is 16.9 Å². The number of aromatic nitrogens is 1. The lowest BCUT2D eigenvalue weighted by molar-refractivity contribution is 0.0936. The third kappa shape index (κ3) is 2.92. The highest BCUT2D eigenvalue weighted by molar-refractivity contribution is 6.06. The lowest BCUT2D eigenvalue weighted by Gasteiger charge is -2.15. The molecule has 0 spiro atoms. The monoisotopic (exact) mass is 256 g/mol. The van der Waals surface area contributed by atoms with Crippen LogP contribution in [0.5, 0.6) is 0 Å². The van der Waals surface area contributed by atoms with Crippen LogP contribution in [0.25, 0.3) is 10.9 Å². The van der Waals surface area contributed by atoms with E-state index in [4.69, 9.17) is 0 Å². The van der Waals surface area contributed by atoms with Gasteiger partial charge < -0.3 is 5.32 Å². The standard InChI is InChI=1S/C16H20N2O/c1-4-12(5-2)18-16(19)14-10-11(3)17-15-9-7-6-8-13(14)15/h6-10,12H,4-5H2,1-3H3,(H,18,19). The number of rotatable bonds is 4. The molecule has 1 amide bonds. The minimum Gasteiger partial charge on any atom is -0.349 e. The first-order valence-corrected chi connectivity index (χ1v) is 6.83. The van der Waals surface area contributed by atoms with Crippen LogP contribution in [0.3, 0.4) is 0 Å². The summed E-state index contributed by atoms with van der Waals surface area (Å²) in [5.74, 6) is -0.00426. The van der Waals surface area contributed by atoms with Gasteiger partial charge in [0, 0.05) is 17.1 Å². The smallest absolute Gasteiger partial charge is 0.252 e. The topological polar surface area (TPSA) is 42.0 Å². The molecule has 1 N–H and O–H groups in total. The summed E-state index contributed by atoms with van der Waals surface area (Å²) in [4.78, 5) is 16.9. The van der Waals surface area contributed by atoms with E-state index in [1.54, 1.807) is 0 Å². The average Bonchev–Trinajstić information content (AvgIpc) is 2.43. The van der Waals surface area contributed by atoms with Crippen molar-refractivity contribution in [2.45, 2.75) is 39.7 Å². The van der Waals surface area contributed by atoms with E-state index in [2.05, 4.69) is 24.1 Å². The number of hydrogen-bond donors (Lipinski definition) is 1. The Balaban J connectivity index is 2.41. The van der Waals surface area contributed by atoms with Gasteiger partial charge in [-0.1, -0.05) is 32.0 Å².